The fraction of sp³-hybridized carbons (Fsp3) is 0.113. The van der Waals surface area contributed by atoms with Crippen molar-refractivity contribution in [1.82, 2.24) is 4.98 Å². The summed E-state index contributed by atoms with van der Waals surface area (Å²) < 4.78 is 13.6. The molecule has 11 rings (SSSR count). The van der Waals surface area contributed by atoms with Crippen LogP contribution in [0.2, 0.25) is 0 Å². The van der Waals surface area contributed by atoms with Crippen molar-refractivity contribution in [3.63, 3.8) is 0 Å². The van der Waals surface area contributed by atoms with Crippen LogP contribution in [-0.4, -0.2) is 4.98 Å². The SMILES string of the molecule is CC1(C)c2ccccc2-c2ccc(-c3cc(-c4ccccc4)nc(-c4cccc(-c5cccc6c5Oc5c(ccc7c5-c5ccccc5C7(C)C)O6)c4)c3)cc21. The molecule has 0 N–H and O–H groups in total. The van der Waals surface area contributed by atoms with Gasteiger partial charge in [-0.1, -0.05) is 155 Å². The predicted octanol–water partition coefficient (Wildman–Crippen LogP) is 14.3. The first-order chi connectivity index (χ1) is 27.3. The summed E-state index contributed by atoms with van der Waals surface area (Å²) in [5.41, 5.74) is 18.3. The van der Waals surface area contributed by atoms with Crippen molar-refractivity contribution in [2.75, 3.05) is 0 Å². The van der Waals surface area contributed by atoms with Gasteiger partial charge in [0.15, 0.2) is 23.0 Å². The molecule has 8 aromatic rings. The number of aromatic nitrogens is 1. The fourth-order valence-corrected chi connectivity index (χ4v) is 9.41. The van der Waals surface area contributed by atoms with E-state index >= 15 is 0 Å². The maximum absolute atomic E-state index is 6.99. The monoisotopic (exact) mass is 721 g/mol. The van der Waals surface area contributed by atoms with E-state index in [1.807, 2.05) is 12.1 Å². The molecule has 0 bridgehead atoms. The molecular weight excluding hydrogens is 683 g/mol. The highest BCUT2D eigenvalue weighted by Crippen LogP contribution is 2.59. The largest absolute Gasteiger partial charge is 0.449 e. The third-order valence-corrected chi connectivity index (χ3v) is 12.3. The summed E-state index contributed by atoms with van der Waals surface area (Å²) in [5, 5.41) is 0. The summed E-state index contributed by atoms with van der Waals surface area (Å²) in [4.78, 5) is 5.30. The van der Waals surface area contributed by atoms with Crippen LogP contribution in [0.3, 0.4) is 0 Å². The van der Waals surface area contributed by atoms with Crippen molar-refractivity contribution in [2.45, 2.75) is 38.5 Å². The second kappa shape index (κ2) is 11.9. The second-order valence-corrected chi connectivity index (χ2v) is 16.3. The number of nitrogens with zero attached hydrogens (tertiary/aromatic N) is 1. The van der Waals surface area contributed by atoms with Crippen LogP contribution in [0.5, 0.6) is 23.0 Å². The van der Waals surface area contributed by atoms with Gasteiger partial charge in [0.1, 0.15) is 0 Å². The fourth-order valence-electron chi connectivity index (χ4n) is 9.41. The Bertz CT molecular complexity index is 2920. The van der Waals surface area contributed by atoms with E-state index in [0.717, 1.165) is 62.0 Å². The first-order valence-corrected chi connectivity index (χ1v) is 19.4. The number of ether oxygens (including phenoxy) is 2. The Morgan fingerprint density at radius 2 is 0.964 bits per heavy atom. The summed E-state index contributed by atoms with van der Waals surface area (Å²) in [7, 11) is 0. The van der Waals surface area contributed by atoms with Gasteiger partial charge in [-0.05, 0) is 92.0 Å². The van der Waals surface area contributed by atoms with E-state index in [9.17, 15) is 0 Å². The molecule has 7 aromatic carbocycles. The van der Waals surface area contributed by atoms with E-state index in [4.69, 9.17) is 14.5 Å². The van der Waals surface area contributed by atoms with E-state index in [1.165, 1.54) is 44.5 Å². The maximum Gasteiger partial charge on any atom is 0.178 e. The first-order valence-electron chi connectivity index (χ1n) is 19.4. The van der Waals surface area contributed by atoms with Crippen molar-refractivity contribution in [2.24, 2.45) is 0 Å². The Kier molecular flexibility index (Phi) is 6.94. The lowest BCUT2D eigenvalue weighted by atomic mass is 9.81. The lowest BCUT2D eigenvalue weighted by Crippen LogP contribution is -2.15. The van der Waals surface area contributed by atoms with Gasteiger partial charge in [0, 0.05) is 33.1 Å². The average Bonchev–Trinajstić information content (AvgIpc) is 3.62. The minimum absolute atomic E-state index is 0.0881. The van der Waals surface area contributed by atoms with Gasteiger partial charge in [-0.25, -0.2) is 4.98 Å². The third-order valence-electron chi connectivity index (χ3n) is 12.3. The number of fused-ring (bicyclic) bond motifs is 9. The van der Waals surface area contributed by atoms with Gasteiger partial charge in [-0.2, -0.15) is 0 Å². The van der Waals surface area contributed by atoms with Crippen LogP contribution in [0.25, 0.3) is 67.0 Å². The van der Waals surface area contributed by atoms with Crippen LogP contribution in [0.15, 0.2) is 164 Å². The zero-order valence-corrected chi connectivity index (χ0v) is 31.9. The molecule has 268 valence electrons. The van der Waals surface area contributed by atoms with E-state index in [-0.39, 0.29) is 10.8 Å². The van der Waals surface area contributed by atoms with Gasteiger partial charge < -0.3 is 9.47 Å². The summed E-state index contributed by atoms with van der Waals surface area (Å²) >= 11 is 0. The number of hydrogen-bond acceptors (Lipinski definition) is 3. The molecule has 0 fully saturated rings. The van der Waals surface area contributed by atoms with Crippen molar-refractivity contribution >= 4 is 0 Å². The molecule has 56 heavy (non-hydrogen) atoms. The highest BCUT2D eigenvalue weighted by molar-refractivity contribution is 5.90. The lowest BCUT2D eigenvalue weighted by Gasteiger charge is -2.26. The number of hydrogen-bond donors (Lipinski definition) is 0. The van der Waals surface area contributed by atoms with Crippen LogP contribution in [0.4, 0.5) is 0 Å². The Morgan fingerprint density at radius 3 is 1.79 bits per heavy atom. The van der Waals surface area contributed by atoms with Crippen LogP contribution in [-0.2, 0) is 10.8 Å². The molecule has 0 atom stereocenters. The molecular formula is C53H39NO2. The highest BCUT2D eigenvalue weighted by Gasteiger charge is 2.40. The molecule has 0 amide bonds. The predicted molar refractivity (Wildman–Crippen MR) is 228 cm³/mol. The van der Waals surface area contributed by atoms with E-state index in [0.29, 0.717) is 5.75 Å². The van der Waals surface area contributed by atoms with Crippen molar-refractivity contribution in [1.29, 1.82) is 0 Å². The standard InChI is InChI=1S/C53H39NO2/c1-52(2)42-22-11-9-19-40(42)49-43(52)26-27-48-51(49)56-50-37(20-13-23-47(50)55-48)34-16-12-17-35(28-34)46-31-36(30-45(54-46)32-14-6-5-7-15-32)33-24-25-39-38-18-8-10-21-41(38)53(3,4)44(39)29-33/h5-31H,1-4H3. The molecule has 0 unspecified atom stereocenters. The zero-order valence-electron chi connectivity index (χ0n) is 31.9. The molecule has 3 nitrogen and oxygen atoms in total. The number of para-hydroxylation sites is 1. The quantitative estimate of drug-likeness (QED) is 0.181. The highest BCUT2D eigenvalue weighted by atomic mass is 16.6. The number of pyridine rings is 1. The van der Waals surface area contributed by atoms with Gasteiger partial charge in [0.2, 0.25) is 0 Å². The van der Waals surface area contributed by atoms with Crippen molar-refractivity contribution in [3.8, 4) is 90.0 Å². The van der Waals surface area contributed by atoms with E-state index < -0.39 is 0 Å². The molecule has 0 radical (unpaired) electrons. The molecule has 0 saturated heterocycles. The van der Waals surface area contributed by atoms with Gasteiger partial charge in [-0.3, -0.25) is 0 Å². The Balaban J connectivity index is 1.02. The van der Waals surface area contributed by atoms with E-state index in [1.54, 1.807) is 0 Å². The smallest absolute Gasteiger partial charge is 0.178 e. The first kappa shape index (κ1) is 32.7. The summed E-state index contributed by atoms with van der Waals surface area (Å²) in [6, 6.07) is 58.4. The van der Waals surface area contributed by atoms with Crippen LogP contribution >= 0.6 is 0 Å². The lowest BCUT2D eigenvalue weighted by molar-refractivity contribution is 0.361. The normalized spacial score (nSPS) is 14.6. The van der Waals surface area contributed by atoms with Gasteiger partial charge >= 0.3 is 0 Å². The molecule has 2 heterocycles. The maximum atomic E-state index is 6.99. The molecule has 1 aliphatic heterocycles. The molecule has 3 heteroatoms. The van der Waals surface area contributed by atoms with Crippen LogP contribution in [0, 0.1) is 0 Å². The average molecular weight is 722 g/mol. The molecule has 2 aliphatic carbocycles. The van der Waals surface area contributed by atoms with Crippen LogP contribution < -0.4 is 9.47 Å². The summed E-state index contributed by atoms with van der Waals surface area (Å²) in [5.74, 6) is 2.95. The Morgan fingerprint density at radius 1 is 0.357 bits per heavy atom. The van der Waals surface area contributed by atoms with Crippen LogP contribution in [0.1, 0.15) is 49.9 Å². The van der Waals surface area contributed by atoms with Gasteiger partial charge in [0.25, 0.3) is 0 Å². The molecule has 0 saturated carbocycles. The van der Waals surface area contributed by atoms with Gasteiger partial charge in [0.05, 0.1) is 11.4 Å². The number of rotatable bonds is 4. The van der Waals surface area contributed by atoms with E-state index in [2.05, 4.69) is 179 Å². The van der Waals surface area contributed by atoms with Crippen molar-refractivity contribution in [3.05, 3.63) is 186 Å². The Labute approximate surface area is 327 Å². The summed E-state index contributed by atoms with van der Waals surface area (Å²) in [6.45, 7) is 9.25. The zero-order chi connectivity index (χ0) is 37.8. The third kappa shape index (κ3) is 4.80. The molecule has 1 aromatic heterocycles. The second-order valence-electron chi connectivity index (χ2n) is 16.3. The topological polar surface area (TPSA) is 31.4 Å². The minimum atomic E-state index is -0.139. The molecule has 3 aliphatic rings. The van der Waals surface area contributed by atoms with Crippen molar-refractivity contribution < 1.29 is 9.47 Å². The minimum Gasteiger partial charge on any atom is -0.449 e. The Hall–Kier alpha value is -6.71. The molecule has 0 spiro atoms. The number of benzene rings is 7. The van der Waals surface area contributed by atoms with Gasteiger partial charge in [-0.15, -0.1) is 0 Å². The summed E-state index contributed by atoms with van der Waals surface area (Å²) in [6.07, 6.45) is 0.